The average molecular weight is 307 g/mol. The molecule has 0 aromatic rings. The summed E-state index contributed by atoms with van der Waals surface area (Å²) in [5, 5.41) is 17.1. The van der Waals surface area contributed by atoms with Crippen LogP contribution < -0.4 is 11.5 Å². The number of carbonyl (C=O) groups is 2. The number of aliphatic hydroxyl groups excluding tert-OH is 1. The van der Waals surface area contributed by atoms with Crippen molar-refractivity contribution in [3.8, 4) is 0 Å². The average Bonchev–Trinajstić information content (AvgIpc) is 2.75. The molecular formula is C11H22N3O5P. The van der Waals surface area contributed by atoms with Gasteiger partial charge in [0.15, 0.2) is 0 Å². The van der Waals surface area contributed by atoms with Crippen LogP contribution in [0.1, 0.15) is 25.7 Å². The minimum atomic E-state index is -2.01. The Morgan fingerprint density at radius 2 is 2.10 bits per heavy atom. The van der Waals surface area contributed by atoms with Gasteiger partial charge in [0.1, 0.15) is 8.46 Å². The van der Waals surface area contributed by atoms with Crippen molar-refractivity contribution in [3.05, 3.63) is 0 Å². The minimum absolute atomic E-state index is 0.0477. The van der Waals surface area contributed by atoms with Gasteiger partial charge in [-0.05, 0) is 25.8 Å². The number of carbonyl (C=O) groups excluding carboxylic acids is 1. The second-order valence-electron chi connectivity index (χ2n) is 4.93. The fraction of sp³-hybridized carbons (Fsp3) is 0.818. The van der Waals surface area contributed by atoms with E-state index < -0.39 is 37.8 Å². The molecule has 0 aromatic heterocycles. The highest BCUT2D eigenvalue weighted by Gasteiger charge is 2.56. The Morgan fingerprint density at radius 3 is 2.60 bits per heavy atom. The van der Waals surface area contributed by atoms with Gasteiger partial charge in [-0.3, -0.25) is 4.79 Å². The second kappa shape index (κ2) is 7.17. The predicted molar refractivity (Wildman–Crippen MR) is 74.0 cm³/mol. The maximum absolute atomic E-state index is 12.2. The molecule has 1 aliphatic heterocycles. The predicted octanol–water partition coefficient (Wildman–Crippen LogP) is -1.43. The van der Waals surface area contributed by atoms with Gasteiger partial charge in [0.25, 0.3) is 0 Å². The van der Waals surface area contributed by atoms with Gasteiger partial charge < -0.3 is 31.1 Å². The molecule has 1 heterocycles. The molecule has 8 nitrogen and oxygen atoms in total. The maximum Gasteiger partial charge on any atom is 0.339 e. The zero-order valence-corrected chi connectivity index (χ0v) is 12.4. The van der Waals surface area contributed by atoms with Crippen molar-refractivity contribution in [2.45, 2.75) is 43.1 Å². The summed E-state index contributed by atoms with van der Waals surface area (Å²) in [6.07, 6.45) is 0.521. The number of unbranched alkanes of at least 4 members (excludes halogenated alkanes) is 1. The lowest BCUT2D eigenvalue weighted by Gasteiger charge is -2.33. The Morgan fingerprint density at radius 1 is 1.45 bits per heavy atom. The van der Waals surface area contributed by atoms with E-state index in [1.54, 1.807) is 0 Å². The molecule has 4 atom stereocenters. The number of likely N-dealkylation sites (tertiary alicyclic amines) is 1. The molecule has 1 fully saturated rings. The summed E-state index contributed by atoms with van der Waals surface area (Å²) in [6, 6.07) is -0.864. The summed E-state index contributed by atoms with van der Waals surface area (Å²) >= 11 is 0. The second-order valence-corrected chi connectivity index (χ2v) is 6.05. The normalized spacial score (nSPS) is 28.1. The largest absolute Gasteiger partial charge is 0.479 e. The molecule has 116 valence electrons. The molecule has 0 aromatic carbocycles. The molecule has 0 spiro atoms. The topological polar surface area (TPSA) is 147 Å². The van der Waals surface area contributed by atoms with Gasteiger partial charge in [0, 0.05) is 6.54 Å². The van der Waals surface area contributed by atoms with Crippen molar-refractivity contribution in [1.82, 2.24) is 4.90 Å². The van der Waals surface area contributed by atoms with Crippen LogP contribution in [-0.4, -0.2) is 57.5 Å². The smallest absolute Gasteiger partial charge is 0.339 e. The van der Waals surface area contributed by atoms with Crippen LogP contribution >= 0.6 is 8.46 Å². The fourth-order valence-corrected chi connectivity index (χ4v) is 3.22. The first-order valence-electron chi connectivity index (χ1n) is 6.56. The summed E-state index contributed by atoms with van der Waals surface area (Å²) in [5.41, 5.74) is 11.1. The van der Waals surface area contributed by atoms with E-state index in [9.17, 15) is 24.4 Å². The Balaban J connectivity index is 2.85. The Bertz CT molecular complexity index is 394. The van der Waals surface area contributed by atoms with Crippen LogP contribution in [0.2, 0.25) is 0 Å². The molecule has 1 rings (SSSR count). The molecule has 1 aliphatic rings. The number of amides is 1. The van der Waals surface area contributed by atoms with Crippen LogP contribution in [0, 0.1) is 0 Å². The fourth-order valence-electron chi connectivity index (χ4n) is 2.41. The summed E-state index contributed by atoms with van der Waals surface area (Å²) < 4.78 is 11.4. The molecule has 0 aliphatic carbocycles. The first kappa shape index (κ1) is 17.1. The van der Waals surface area contributed by atoms with Gasteiger partial charge in [-0.15, -0.1) is 0 Å². The molecule has 1 saturated heterocycles. The van der Waals surface area contributed by atoms with Crippen LogP contribution in [0.5, 0.6) is 0 Å². The van der Waals surface area contributed by atoms with Crippen molar-refractivity contribution in [2.75, 3.05) is 13.1 Å². The van der Waals surface area contributed by atoms with Gasteiger partial charge in [0.05, 0.1) is 12.1 Å². The Kier molecular flexibility index (Phi) is 6.13. The standard InChI is InChI=1S/C11H22N3O5P/c12-5-2-1-3-7(13)9(16)14-6-4-8(15)11(14,20-19)10(17)18/h7-8,15H,1-6,12-13,20H2,(H,17,18)/t7-,8?,11+/m0/s1. The van der Waals surface area contributed by atoms with Gasteiger partial charge >= 0.3 is 5.97 Å². The van der Waals surface area contributed by atoms with Crippen LogP contribution in [0.4, 0.5) is 0 Å². The third kappa shape index (κ3) is 3.03. The summed E-state index contributed by atoms with van der Waals surface area (Å²) in [5.74, 6) is -2.03. The number of rotatable bonds is 7. The number of carboxylic acid groups (broad SMARTS) is 1. The Labute approximate surface area is 118 Å². The number of aliphatic hydroxyl groups is 1. The lowest BCUT2D eigenvalue weighted by Crippen LogP contribution is -2.57. The lowest BCUT2D eigenvalue weighted by molar-refractivity contribution is -0.154. The quantitative estimate of drug-likeness (QED) is 0.333. The van der Waals surface area contributed by atoms with E-state index in [1.165, 1.54) is 0 Å². The monoisotopic (exact) mass is 307 g/mol. The van der Waals surface area contributed by atoms with Gasteiger partial charge in [-0.2, -0.15) is 0 Å². The molecular weight excluding hydrogens is 285 g/mol. The molecule has 1 amide bonds. The van der Waals surface area contributed by atoms with Crippen molar-refractivity contribution in [2.24, 2.45) is 11.5 Å². The van der Waals surface area contributed by atoms with E-state index in [2.05, 4.69) is 0 Å². The SMILES string of the molecule is NCCCC[C@H](N)C(=O)N1CCC(O)[C@@]1([PH2]=O)C(=O)O. The van der Waals surface area contributed by atoms with E-state index in [0.717, 1.165) is 11.3 Å². The van der Waals surface area contributed by atoms with Gasteiger partial charge in [0.2, 0.25) is 11.2 Å². The summed E-state index contributed by atoms with van der Waals surface area (Å²) in [6.45, 7) is 0.541. The van der Waals surface area contributed by atoms with E-state index in [-0.39, 0.29) is 13.0 Å². The third-order valence-electron chi connectivity index (χ3n) is 3.66. The van der Waals surface area contributed by atoms with Gasteiger partial charge in [-0.25, -0.2) is 4.79 Å². The van der Waals surface area contributed by atoms with Crippen molar-refractivity contribution in [3.63, 3.8) is 0 Å². The number of nitrogens with zero attached hydrogens (tertiary/aromatic N) is 1. The first-order valence-corrected chi connectivity index (χ1v) is 7.61. The van der Waals surface area contributed by atoms with Crippen LogP contribution in [0.15, 0.2) is 0 Å². The Hall–Kier alpha value is -0.950. The summed E-state index contributed by atoms with van der Waals surface area (Å²) in [4.78, 5) is 24.6. The molecule has 6 N–H and O–H groups in total. The number of hydrogen-bond donors (Lipinski definition) is 4. The summed E-state index contributed by atoms with van der Waals surface area (Å²) in [7, 11) is -1.89. The highest BCUT2D eigenvalue weighted by Crippen LogP contribution is 2.39. The van der Waals surface area contributed by atoms with Crippen molar-refractivity contribution < 1.29 is 24.4 Å². The van der Waals surface area contributed by atoms with Crippen LogP contribution in [0.3, 0.4) is 0 Å². The van der Waals surface area contributed by atoms with Gasteiger partial charge in [-0.1, -0.05) is 6.42 Å². The van der Waals surface area contributed by atoms with E-state index in [4.69, 9.17) is 11.5 Å². The molecule has 2 unspecified atom stereocenters. The number of aliphatic carboxylic acids is 1. The highest BCUT2D eigenvalue weighted by atomic mass is 31.1. The van der Waals surface area contributed by atoms with E-state index in [1.807, 2.05) is 0 Å². The van der Waals surface area contributed by atoms with Crippen LogP contribution in [-0.2, 0) is 14.2 Å². The minimum Gasteiger partial charge on any atom is -0.479 e. The van der Waals surface area contributed by atoms with Crippen LogP contribution in [0.25, 0.3) is 0 Å². The molecule has 9 heteroatoms. The number of hydrogen-bond acceptors (Lipinski definition) is 6. The lowest BCUT2D eigenvalue weighted by atomic mass is 10.1. The van der Waals surface area contributed by atoms with Crippen molar-refractivity contribution >= 4 is 20.3 Å². The van der Waals surface area contributed by atoms with E-state index in [0.29, 0.717) is 19.4 Å². The molecule has 20 heavy (non-hydrogen) atoms. The maximum atomic E-state index is 12.2. The zero-order chi connectivity index (χ0) is 15.3. The van der Waals surface area contributed by atoms with E-state index >= 15 is 0 Å². The van der Waals surface area contributed by atoms with Crippen molar-refractivity contribution in [1.29, 1.82) is 0 Å². The molecule has 0 saturated carbocycles. The number of nitrogens with two attached hydrogens (primary N) is 2. The highest BCUT2D eigenvalue weighted by molar-refractivity contribution is 7.28. The number of carboxylic acids is 1. The third-order valence-corrected chi connectivity index (χ3v) is 4.96. The molecule has 0 bridgehead atoms. The zero-order valence-electron chi connectivity index (χ0n) is 11.2. The molecule has 0 radical (unpaired) electrons. The first-order chi connectivity index (χ1) is 9.41.